The summed E-state index contributed by atoms with van der Waals surface area (Å²) in [7, 11) is 0. The third-order valence-corrected chi connectivity index (χ3v) is 7.11. The molecule has 1 fully saturated rings. The molecule has 0 spiro atoms. The smallest absolute Gasteiger partial charge is 0.283 e. The van der Waals surface area contributed by atoms with E-state index in [0.717, 1.165) is 31.3 Å². The van der Waals surface area contributed by atoms with Gasteiger partial charge in [0.15, 0.2) is 5.76 Å². The molecule has 4 aromatic rings. The number of nitrogens with zero attached hydrogens (tertiary/aromatic N) is 3. The lowest BCUT2D eigenvalue weighted by Gasteiger charge is -2.32. The van der Waals surface area contributed by atoms with Crippen molar-refractivity contribution >= 4 is 22.3 Å². The third-order valence-electron chi connectivity index (χ3n) is 5.90. The lowest BCUT2D eigenvalue weighted by atomic mass is 9.95. The van der Waals surface area contributed by atoms with E-state index in [1.54, 1.807) is 6.92 Å². The second-order valence-corrected chi connectivity index (χ2v) is 9.41. The molecule has 3 aromatic heterocycles. The Morgan fingerprint density at radius 3 is 2.75 bits per heavy atom. The van der Waals surface area contributed by atoms with Gasteiger partial charge in [-0.3, -0.25) is 0 Å². The molecule has 5 rings (SSSR count). The maximum absolute atomic E-state index is 10.6. The molecule has 0 unspecified atom stereocenters. The van der Waals surface area contributed by atoms with Crippen molar-refractivity contribution in [3.63, 3.8) is 0 Å². The van der Waals surface area contributed by atoms with Gasteiger partial charge >= 0.3 is 0 Å². The Hall–Kier alpha value is -2.68. The largest absolute Gasteiger partial charge is 0.490 e. The fourth-order valence-electron chi connectivity index (χ4n) is 4.27. The predicted molar refractivity (Wildman–Crippen MR) is 123 cm³/mol. The van der Waals surface area contributed by atoms with Crippen molar-refractivity contribution in [2.45, 2.75) is 38.7 Å². The van der Waals surface area contributed by atoms with Crippen LogP contribution in [0.1, 0.15) is 35.1 Å². The number of hydrogen-bond acceptors (Lipinski definition) is 8. The summed E-state index contributed by atoms with van der Waals surface area (Å²) in [6, 6.07) is 9.76. The number of β-amino-alcohol motifs (C(OH)–C–C–N with tert-alkyl or cyclic N) is 1. The Kier molecular flexibility index (Phi) is 5.99. The quantitative estimate of drug-likeness (QED) is 0.431. The normalized spacial score (nSPS) is 16.6. The first-order chi connectivity index (χ1) is 15.5. The summed E-state index contributed by atoms with van der Waals surface area (Å²) < 4.78 is 17.3. The van der Waals surface area contributed by atoms with Crippen LogP contribution in [0.25, 0.3) is 22.6 Å². The number of aliphatic hydroxyl groups excluding tert-OH is 1. The van der Waals surface area contributed by atoms with Crippen molar-refractivity contribution in [2.24, 2.45) is 0 Å². The number of aromatic nitrogens is 2. The highest BCUT2D eigenvalue weighted by molar-refractivity contribution is 7.10. The summed E-state index contributed by atoms with van der Waals surface area (Å²) in [6.07, 6.45) is 1.72. The fourth-order valence-corrected chi connectivity index (χ4v) is 5.34. The number of benzene rings is 1. The van der Waals surface area contributed by atoms with Crippen LogP contribution in [0, 0.1) is 13.8 Å². The number of aryl methyl sites for hydroxylation is 2. The highest BCUT2D eigenvalue weighted by Gasteiger charge is 2.23. The summed E-state index contributed by atoms with van der Waals surface area (Å²) in [5.41, 5.74) is 2.03. The van der Waals surface area contributed by atoms with E-state index in [1.165, 1.54) is 10.4 Å². The van der Waals surface area contributed by atoms with E-state index in [9.17, 15) is 5.11 Å². The number of thiophene rings is 1. The lowest BCUT2D eigenvalue weighted by Crippen LogP contribution is -2.40. The minimum absolute atomic E-state index is 0.226. The van der Waals surface area contributed by atoms with Crippen molar-refractivity contribution in [1.29, 1.82) is 0 Å². The van der Waals surface area contributed by atoms with E-state index >= 15 is 0 Å². The van der Waals surface area contributed by atoms with Gasteiger partial charge in [-0.05, 0) is 67.9 Å². The summed E-state index contributed by atoms with van der Waals surface area (Å²) in [6.45, 7) is 6.74. The second-order valence-electron chi connectivity index (χ2n) is 8.47. The first-order valence-electron chi connectivity index (χ1n) is 11.0. The van der Waals surface area contributed by atoms with E-state index in [0.29, 0.717) is 41.3 Å². The zero-order valence-electron chi connectivity index (χ0n) is 18.3. The number of likely N-dealkylation sites (tertiary alicyclic amines) is 1. The second kappa shape index (κ2) is 9.05. The van der Waals surface area contributed by atoms with E-state index < -0.39 is 6.10 Å². The third kappa shape index (κ3) is 4.57. The molecule has 1 atom stereocenters. The van der Waals surface area contributed by atoms with Crippen LogP contribution >= 0.6 is 11.3 Å². The summed E-state index contributed by atoms with van der Waals surface area (Å²) in [5, 5.41) is 21.5. The SMILES string of the molecule is Cc1csc(C2CCN(C[C@H](O)COc3cccc4oc(-c5nnc(C)o5)cc34)CC2)c1. The van der Waals surface area contributed by atoms with Gasteiger partial charge in [0.05, 0.1) is 5.39 Å². The molecular formula is C24H27N3O4S. The van der Waals surface area contributed by atoms with Crippen molar-refractivity contribution in [3.05, 3.63) is 52.0 Å². The van der Waals surface area contributed by atoms with Gasteiger partial charge in [0.2, 0.25) is 5.89 Å². The van der Waals surface area contributed by atoms with Crippen LogP contribution in [0.2, 0.25) is 0 Å². The Bertz CT molecular complexity index is 1190. The lowest BCUT2D eigenvalue weighted by molar-refractivity contribution is 0.0600. The summed E-state index contributed by atoms with van der Waals surface area (Å²) in [5.74, 6) is 2.63. The molecule has 1 aliphatic heterocycles. The average Bonchev–Trinajstić information content (AvgIpc) is 3.52. The van der Waals surface area contributed by atoms with Gasteiger partial charge in [-0.2, -0.15) is 0 Å². The zero-order chi connectivity index (χ0) is 22.1. The van der Waals surface area contributed by atoms with E-state index in [1.807, 2.05) is 35.6 Å². The minimum atomic E-state index is -0.559. The topological polar surface area (TPSA) is 84.8 Å². The van der Waals surface area contributed by atoms with Crippen LogP contribution in [-0.4, -0.2) is 52.5 Å². The molecule has 168 valence electrons. The summed E-state index contributed by atoms with van der Waals surface area (Å²) in [4.78, 5) is 3.83. The molecule has 0 aliphatic carbocycles. The molecule has 1 N–H and O–H groups in total. The highest BCUT2D eigenvalue weighted by Crippen LogP contribution is 2.34. The van der Waals surface area contributed by atoms with Gasteiger partial charge in [-0.1, -0.05) is 6.07 Å². The highest BCUT2D eigenvalue weighted by atomic mass is 32.1. The number of rotatable bonds is 7. The van der Waals surface area contributed by atoms with Crippen LogP contribution in [0.4, 0.5) is 0 Å². The molecule has 4 heterocycles. The number of fused-ring (bicyclic) bond motifs is 1. The molecule has 1 aliphatic rings. The van der Waals surface area contributed by atoms with E-state index in [2.05, 4.69) is 33.5 Å². The summed E-state index contributed by atoms with van der Waals surface area (Å²) >= 11 is 1.87. The van der Waals surface area contributed by atoms with Crippen LogP contribution in [0.15, 0.2) is 44.5 Å². The number of furan rings is 1. The zero-order valence-corrected chi connectivity index (χ0v) is 19.1. The number of piperidine rings is 1. The minimum Gasteiger partial charge on any atom is -0.490 e. The number of hydrogen-bond donors (Lipinski definition) is 1. The van der Waals surface area contributed by atoms with Gasteiger partial charge in [-0.25, -0.2) is 0 Å². The molecule has 1 saturated heterocycles. The van der Waals surface area contributed by atoms with Gasteiger partial charge in [0.1, 0.15) is 24.0 Å². The molecule has 1 aromatic carbocycles. The Morgan fingerprint density at radius 2 is 2.03 bits per heavy atom. The fraction of sp³-hybridized carbons (Fsp3) is 0.417. The maximum atomic E-state index is 10.6. The van der Waals surface area contributed by atoms with Crippen LogP contribution < -0.4 is 4.74 Å². The molecule has 32 heavy (non-hydrogen) atoms. The van der Waals surface area contributed by atoms with Crippen LogP contribution in [0.3, 0.4) is 0 Å². The standard InChI is InChI=1S/C24H27N3O4S/c1-15-10-23(32-14-15)17-6-8-27(9-7-17)12-18(28)13-29-20-4-3-5-21-19(20)11-22(31-21)24-26-25-16(2)30-24/h3-5,10-11,14,17-18,28H,6-9,12-13H2,1-2H3/t18-/m0/s1. The van der Waals surface area contributed by atoms with Crippen molar-refractivity contribution in [1.82, 2.24) is 15.1 Å². The van der Waals surface area contributed by atoms with Crippen molar-refractivity contribution in [2.75, 3.05) is 26.2 Å². The molecule has 0 bridgehead atoms. The van der Waals surface area contributed by atoms with Crippen molar-refractivity contribution < 1.29 is 18.7 Å². The molecule has 0 saturated carbocycles. The Labute approximate surface area is 190 Å². The number of ether oxygens (including phenoxy) is 1. The van der Waals surface area contributed by atoms with Crippen LogP contribution in [-0.2, 0) is 0 Å². The molecule has 7 nitrogen and oxygen atoms in total. The monoisotopic (exact) mass is 453 g/mol. The van der Waals surface area contributed by atoms with Crippen LogP contribution in [0.5, 0.6) is 5.75 Å². The Balaban J connectivity index is 1.16. The molecular weight excluding hydrogens is 426 g/mol. The first kappa shape index (κ1) is 21.2. The van der Waals surface area contributed by atoms with Gasteiger partial charge < -0.3 is 23.6 Å². The van der Waals surface area contributed by atoms with Gasteiger partial charge in [0.25, 0.3) is 5.89 Å². The molecule has 0 radical (unpaired) electrons. The van der Waals surface area contributed by atoms with E-state index in [-0.39, 0.29) is 6.61 Å². The molecule has 8 heteroatoms. The average molecular weight is 454 g/mol. The van der Waals surface area contributed by atoms with Crippen molar-refractivity contribution in [3.8, 4) is 17.4 Å². The maximum Gasteiger partial charge on any atom is 0.283 e. The number of aliphatic hydroxyl groups is 1. The van der Waals surface area contributed by atoms with E-state index in [4.69, 9.17) is 13.6 Å². The molecule has 0 amide bonds. The van der Waals surface area contributed by atoms with Gasteiger partial charge in [0, 0.05) is 24.4 Å². The van der Waals surface area contributed by atoms with Gasteiger partial charge in [-0.15, -0.1) is 21.5 Å². The predicted octanol–water partition coefficient (Wildman–Crippen LogP) is 4.78. The Morgan fingerprint density at radius 1 is 1.19 bits per heavy atom. The first-order valence-corrected chi connectivity index (χ1v) is 11.8.